The molecule has 2 heterocycles. The third-order valence-electron chi connectivity index (χ3n) is 4.91. The Hall–Kier alpha value is -1.42. The number of Topliss-reactive ketones (excluding diaryl/α,β-unsaturated/α-hetero) is 1. The quantitative estimate of drug-likeness (QED) is 0.796. The summed E-state index contributed by atoms with van der Waals surface area (Å²) in [6.07, 6.45) is 4.04. The van der Waals surface area contributed by atoms with Crippen LogP contribution in [0.1, 0.15) is 36.0 Å². The van der Waals surface area contributed by atoms with E-state index in [1.807, 2.05) is 0 Å². The van der Waals surface area contributed by atoms with Crippen LogP contribution in [0.25, 0.3) is 0 Å². The van der Waals surface area contributed by atoms with E-state index in [4.69, 9.17) is 4.74 Å². The van der Waals surface area contributed by atoms with Gasteiger partial charge in [0.2, 0.25) is 0 Å². The number of carbonyl (C=O) groups is 1. The van der Waals surface area contributed by atoms with E-state index in [0.29, 0.717) is 17.8 Å². The Morgan fingerprint density at radius 2 is 1.95 bits per heavy atom. The Morgan fingerprint density at radius 3 is 2.50 bits per heavy atom. The van der Waals surface area contributed by atoms with Gasteiger partial charge >= 0.3 is 0 Å². The number of ether oxygens (including phenoxy) is 1. The number of carbonyl (C=O) groups excluding carboxylic acids is 1. The van der Waals surface area contributed by atoms with Crippen LogP contribution in [0.15, 0.2) is 18.2 Å². The van der Waals surface area contributed by atoms with Gasteiger partial charge in [-0.3, -0.25) is 4.79 Å². The second kappa shape index (κ2) is 5.17. The average molecular weight is 277 g/mol. The Kier molecular flexibility index (Phi) is 3.50. The molecule has 2 aliphatic heterocycles. The fourth-order valence-corrected chi connectivity index (χ4v) is 3.67. The Labute approximate surface area is 118 Å². The van der Waals surface area contributed by atoms with Crippen LogP contribution < -0.4 is 4.74 Å². The molecule has 0 aliphatic carbocycles. The lowest BCUT2D eigenvalue weighted by molar-refractivity contribution is 0.0763. The summed E-state index contributed by atoms with van der Waals surface area (Å²) in [5.74, 6) is -0.107. The van der Waals surface area contributed by atoms with Crippen molar-refractivity contribution in [1.29, 1.82) is 0 Å². The van der Waals surface area contributed by atoms with Crippen molar-refractivity contribution in [2.45, 2.75) is 37.8 Å². The molecule has 0 aromatic heterocycles. The molecular formula is C16H20FNO2. The highest BCUT2D eigenvalue weighted by Gasteiger charge is 2.41. The van der Waals surface area contributed by atoms with Gasteiger partial charge in [-0.05, 0) is 44.9 Å². The van der Waals surface area contributed by atoms with Gasteiger partial charge in [0.15, 0.2) is 5.78 Å². The summed E-state index contributed by atoms with van der Waals surface area (Å²) in [5.41, 5.74) is 0.208. The van der Waals surface area contributed by atoms with Crippen LogP contribution in [0.4, 0.5) is 4.39 Å². The van der Waals surface area contributed by atoms with E-state index in [0.717, 1.165) is 25.7 Å². The van der Waals surface area contributed by atoms with Crippen LogP contribution in [0.2, 0.25) is 0 Å². The van der Waals surface area contributed by atoms with Gasteiger partial charge in [-0.15, -0.1) is 0 Å². The molecule has 4 heteroatoms. The number of benzene rings is 1. The van der Waals surface area contributed by atoms with Crippen molar-refractivity contribution in [3.63, 3.8) is 0 Å². The standard InChI is InChI=1S/C16H20FNO2/c1-18-11-3-4-12(18)8-10(7-11)16(19)14-6-5-13(20-2)9-15(14)17/h5-6,9-12H,3-4,7-8H2,1-2H3. The second-order valence-corrected chi connectivity index (χ2v) is 5.93. The molecule has 0 spiro atoms. The van der Waals surface area contributed by atoms with E-state index in [9.17, 15) is 9.18 Å². The lowest BCUT2D eigenvalue weighted by atomic mass is 9.85. The number of fused-ring (bicyclic) bond motifs is 2. The minimum absolute atomic E-state index is 0.0356. The summed E-state index contributed by atoms with van der Waals surface area (Å²) in [5, 5.41) is 0. The molecule has 2 aliphatic rings. The topological polar surface area (TPSA) is 29.5 Å². The predicted molar refractivity (Wildman–Crippen MR) is 74.6 cm³/mol. The molecule has 3 nitrogen and oxygen atoms in total. The third kappa shape index (κ3) is 2.22. The maximum Gasteiger partial charge on any atom is 0.169 e. The highest BCUT2D eigenvalue weighted by atomic mass is 19.1. The van der Waals surface area contributed by atoms with Crippen molar-refractivity contribution in [1.82, 2.24) is 4.90 Å². The molecule has 3 rings (SSSR count). The van der Waals surface area contributed by atoms with Crippen LogP contribution in [-0.2, 0) is 0 Å². The molecule has 2 atom stereocenters. The average Bonchev–Trinajstić information content (AvgIpc) is 2.67. The van der Waals surface area contributed by atoms with E-state index >= 15 is 0 Å². The van der Waals surface area contributed by atoms with Gasteiger partial charge in [0, 0.05) is 24.1 Å². The maximum atomic E-state index is 14.0. The smallest absolute Gasteiger partial charge is 0.169 e. The lowest BCUT2D eigenvalue weighted by Gasteiger charge is -2.35. The van der Waals surface area contributed by atoms with Gasteiger partial charge in [0.25, 0.3) is 0 Å². The molecule has 0 amide bonds. The number of hydrogen-bond acceptors (Lipinski definition) is 3. The first-order chi connectivity index (χ1) is 9.60. The van der Waals surface area contributed by atoms with Crippen molar-refractivity contribution in [3.8, 4) is 5.75 Å². The van der Waals surface area contributed by atoms with Crippen molar-refractivity contribution in [2.75, 3.05) is 14.2 Å². The number of halogens is 1. The van der Waals surface area contributed by atoms with Crippen molar-refractivity contribution in [2.24, 2.45) is 5.92 Å². The van der Waals surface area contributed by atoms with Gasteiger partial charge in [-0.2, -0.15) is 0 Å². The normalized spacial score (nSPS) is 29.4. The highest BCUT2D eigenvalue weighted by molar-refractivity contribution is 5.98. The van der Waals surface area contributed by atoms with Crippen LogP contribution in [-0.4, -0.2) is 36.9 Å². The number of rotatable bonds is 3. The molecule has 2 unspecified atom stereocenters. The van der Waals surface area contributed by atoms with Crippen molar-refractivity contribution < 1.29 is 13.9 Å². The maximum absolute atomic E-state index is 14.0. The molecule has 0 radical (unpaired) electrons. The fraction of sp³-hybridized carbons (Fsp3) is 0.562. The Morgan fingerprint density at radius 1 is 1.30 bits per heavy atom. The van der Waals surface area contributed by atoms with E-state index in [1.54, 1.807) is 12.1 Å². The summed E-state index contributed by atoms with van der Waals surface area (Å²) in [6.45, 7) is 0. The lowest BCUT2D eigenvalue weighted by Crippen LogP contribution is -2.42. The Bertz CT molecular complexity index is 517. The zero-order valence-electron chi connectivity index (χ0n) is 11.9. The molecular weight excluding hydrogens is 257 g/mol. The van der Waals surface area contributed by atoms with E-state index in [2.05, 4.69) is 11.9 Å². The largest absolute Gasteiger partial charge is 0.497 e. The number of nitrogens with zero attached hydrogens (tertiary/aromatic N) is 1. The predicted octanol–water partition coefficient (Wildman–Crippen LogP) is 2.89. The summed E-state index contributed by atoms with van der Waals surface area (Å²) in [6, 6.07) is 5.47. The minimum atomic E-state index is -0.472. The van der Waals surface area contributed by atoms with Crippen LogP contribution in [0.5, 0.6) is 5.75 Å². The molecule has 2 fully saturated rings. The molecule has 0 saturated carbocycles. The second-order valence-electron chi connectivity index (χ2n) is 5.93. The highest BCUT2D eigenvalue weighted by Crippen LogP contribution is 2.39. The van der Waals surface area contributed by atoms with Gasteiger partial charge in [-0.1, -0.05) is 0 Å². The molecule has 20 heavy (non-hydrogen) atoms. The van der Waals surface area contributed by atoms with Gasteiger partial charge in [0.05, 0.1) is 12.7 Å². The van der Waals surface area contributed by atoms with Crippen LogP contribution in [0.3, 0.4) is 0 Å². The molecule has 1 aromatic carbocycles. The first-order valence-corrected chi connectivity index (χ1v) is 7.20. The van der Waals surface area contributed by atoms with Gasteiger partial charge in [-0.25, -0.2) is 4.39 Å². The summed E-state index contributed by atoms with van der Waals surface area (Å²) >= 11 is 0. The number of piperidine rings is 1. The molecule has 2 bridgehead atoms. The number of methoxy groups -OCH3 is 1. The van der Waals surface area contributed by atoms with Gasteiger partial charge in [0.1, 0.15) is 11.6 Å². The third-order valence-corrected chi connectivity index (χ3v) is 4.91. The number of hydrogen-bond donors (Lipinski definition) is 0. The Balaban J connectivity index is 1.80. The fourth-order valence-electron chi connectivity index (χ4n) is 3.67. The van der Waals surface area contributed by atoms with E-state index in [1.165, 1.54) is 13.2 Å². The number of ketones is 1. The first-order valence-electron chi connectivity index (χ1n) is 7.20. The molecule has 0 N–H and O–H groups in total. The van der Waals surface area contributed by atoms with Crippen molar-refractivity contribution in [3.05, 3.63) is 29.6 Å². The zero-order chi connectivity index (χ0) is 14.3. The van der Waals surface area contributed by atoms with Gasteiger partial charge < -0.3 is 9.64 Å². The summed E-state index contributed by atoms with van der Waals surface area (Å²) in [4.78, 5) is 14.9. The summed E-state index contributed by atoms with van der Waals surface area (Å²) < 4.78 is 19.0. The molecule has 108 valence electrons. The minimum Gasteiger partial charge on any atom is -0.497 e. The monoisotopic (exact) mass is 277 g/mol. The first kappa shape index (κ1) is 13.6. The van der Waals surface area contributed by atoms with Crippen molar-refractivity contribution >= 4 is 5.78 Å². The SMILES string of the molecule is COc1ccc(C(=O)C2CC3CCC(C2)N3C)c(F)c1. The van der Waals surface area contributed by atoms with E-state index in [-0.39, 0.29) is 17.3 Å². The zero-order valence-corrected chi connectivity index (χ0v) is 11.9. The summed E-state index contributed by atoms with van der Waals surface area (Å²) in [7, 11) is 3.63. The van der Waals surface area contributed by atoms with E-state index < -0.39 is 5.82 Å². The molecule has 2 saturated heterocycles. The molecule has 1 aromatic rings. The van der Waals surface area contributed by atoms with Crippen LogP contribution >= 0.6 is 0 Å². The van der Waals surface area contributed by atoms with Crippen LogP contribution in [0, 0.1) is 11.7 Å².